The first-order chi connectivity index (χ1) is 12.6. The lowest BCUT2D eigenvalue weighted by Crippen LogP contribution is -2.53. The molecule has 4 aromatic rings. The van der Waals surface area contributed by atoms with Gasteiger partial charge in [-0.1, -0.05) is 55.6 Å². The second-order valence-corrected chi connectivity index (χ2v) is 11.2. The molecule has 0 N–H and O–H groups in total. The van der Waals surface area contributed by atoms with Crippen molar-refractivity contribution in [1.29, 1.82) is 0 Å². The third-order valence-electron chi connectivity index (χ3n) is 4.79. The quantitative estimate of drug-likeness (QED) is 0.522. The number of pyridine rings is 2. The summed E-state index contributed by atoms with van der Waals surface area (Å²) >= 11 is 0. The Labute approximate surface area is 155 Å². The van der Waals surface area contributed by atoms with Crippen molar-refractivity contribution < 1.29 is 0 Å². The fourth-order valence-corrected chi connectivity index (χ4v) is 5.28. The number of nitrogens with zero attached hydrogens (tertiary/aromatic N) is 3. The van der Waals surface area contributed by atoms with E-state index in [0.717, 1.165) is 17.1 Å². The van der Waals surface area contributed by atoms with Crippen LogP contribution in [0.1, 0.15) is 0 Å². The predicted molar refractivity (Wildman–Crippen MR) is 110 cm³/mol. The molecule has 0 aliphatic rings. The molecule has 0 bridgehead atoms. The topological polar surface area (TPSA) is 30.7 Å². The highest BCUT2D eigenvalue weighted by Gasteiger charge is 2.29. The summed E-state index contributed by atoms with van der Waals surface area (Å²) in [6.45, 7) is 4.70. The van der Waals surface area contributed by atoms with Crippen LogP contribution in [0.5, 0.6) is 0 Å². The molecule has 4 heteroatoms. The van der Waals surface area contributed by atoms with Crippen molar-refractivity contribution in [2.24, 2.45) is 0 Å². The van der Waals surface area contributed by atoms with Crippen LogP contribution in [0.25, 0.3) is 17.1 Å². The number of benzene rings is 1. The number of hydrogen-bond acceptors (Lipinski definition) is 2. The minimum Gasteiger partial charge on any atom is -0.309 e. The lowest BCUT2D eigenvalue weighted by Gasteiger charge is -2.21. The first-order valence-corrected chi connectivity index (χ1v) is 11.8. The van der Waals surface area contributed by atoms with Gasteiger partial charge in [0.1, 0.15) is 13.9 Å². The van der Waals surface area contributed by atoms with E-state index in [1.54, 1.807) is 0 Å². The molecule has 0 amide bonds. The van der Waals surface area contributed by atoms with Gasteiger partial charge in [-0.2, -0.15) is 0 Å². The van der Waals surface area contributed by atoms with Crippen LogP contribution in [-0.2, 0) is 0 Å². The van der Waals surface area contributed by atoms with E-state index >= 15 is 0 Å². The van der Waals surface area contributed by atoms with Gasteiger partial charge in [-0.15, -0.1) is 0 Å². The third kappa shape index (κ3) is 3.11. The van der Waals surface area contributed by atoms with Crippen LogP contribution in [0.15, 0.2) is 91.4 Å². The summed E-state index contributed by atoms with van der Waals surface area (Å²) in [6.07, 6.45) is 6.11. The summed E-state index contributed by atoms with van der Waals surface area (Å²) in [5.41, 5.74) is 2.19. The summed E-state index contributed by atoms with van der Waals surface area (Å²) < 4.78 is 2.09. The lowest BCUT2D eigenvalue weighted by atomic mass is 10.1. The van der Waals surface area contributed by atoms with Gasteiger partial charge >= 0.3 is 0 Å². The summed E-state index contributed by atoms with van der Waals surface area (Å²) in [4.78, 5) is 9.44. The van der Waals surface area contributed by atoms with E-state index in [9.17, 15) is 0 Å². The average molecular weight is 356 g/mol. The Morgan fingerprint density at radius 1 is 0.808 bits per heavy atom. The number of hydrogen-bond donors (Lipinski definition) is 0. The second kappa shape index (κ2) is 6.73. The van der Waals surface area contributed by atoms with Crippen LogP contribution in [0.4, 0.5) is 0 Å². The molecule has 0 unspecified atom stereocenters. The Morgan fingerprint density at radius 3 is 2.38 bits per heavy atom. The third-order valence-corrected chi connectivity index (χ3v) is 8.09. The van der Waals surface area contributed by atoms with E-state index in [1.165, 1.54) is 10.5 Å². The molecule has 3 heterocycles. The molecule has 0 saturated carbocycles. The molecule has 0 aliphatic heterocycles. The van der Waals surface area contributed by atoms with Crippen LogP contribution in [-0.4, -0.2) is 22.6 Å². The molecule has 0 fully saturated rings. The molecular weight excluding hydrogens is 334 g/mol. The van der Waals surface area contributed by atoms with Crippen LogP contribution in [0.3, 0.4) is 0 Å². The maximum Gasteiger partial charge on any atom is 0.137 e. The normalized spacial score (nSPS) is 11.5. The highest BCUT2D eigenvalue weighted by atomic mass is 28.3. The maximum atomic E-state index is 5.01. The minimum atomic E-state index is -1.89. The molecule has 0 aliphatic carbocycles. The second-order valence-electron chi connectivity index (χ2n) is 6.89. The summed E-state index contributed by atoms with van der Waals surface area (Å²) in [6, 6.07) is 24.9. The summed E-state index contributed by atoms with van der Waals surface area (Å²) in [5, 5.41) is 2.54. The Balaban J connectivity index is 1.70. The molecule has 0 spiro atoms. The van der Waals surface area contributed by atoms with Crippen molar-refractivity contribution in [3.05, 3.63) is 91.4 Å². The van der Waals surface area contributed by atoms with Crippen LogP contribution >= 0.6 is 0 Å². The maximum absolute atomic E-state index is 5.01. The zero-order chi connectivity index (χ0) is 18.0. The van der Waals surface area contributed by atoms with E-state index in [2.05, 4.69) is 83.6 Å². The smallest absolute Gasteiger partial charge is 0.137 e. The Kier molecular flexibility index (Phi) is 4.27. The van der Waals surface area contributed by atoms with Gasteiger partial charge in [-0.05, 0) is 35.5 Å². The molecule has 1 aromatic carbocycles. The lowest BCUT2D eigenvalue weighted by molar-refractivity contribution is 1.01. The first kappa shape index (κ1) is 16.5. The number of rotatable bonds is 4. The number of aromatic nitrogens is 3. The highest BCUT2D eigenvalue weighted by molar-refractivity contribution is 6.99. The Hall–Kier alpha value is -2.98. The predicted octanol–water partition coefficient (Wildman–Crippen LogP) is 3.76. The molecule has 128 valence electrons. The molecule has 3 aromatic heterocycles. The van der Waals surface area contributed by atoms with Crippen molar-refractivity contribution >= 4 is 18.6 Å². The fourth-order valence-electron chi connectivity index (χ4n) is 3.12. The van der Waals surface area contributed by atoms with Crippen molar-refractivity contribution in [3.63, 3.8) is 0 Å². The van der Waals surface area contributed by atoms with Gasteiger partial charge in [-0.3, -0.25) is 4.98 Å². The van der Waals surface area contributed by atoms with Crippen molar-refractivity contribution in [3.8, 4) is 17.1 Å². The fraction of sp³-hybridized carbons (Fsp3) is 0.0909. The molecule has 26 heavy (non-hydrogen) atoms. The van der Waals surface area contributed by atoms with Crippen molar-refractivity contribution in [1.82, 2.24) is 14.5 Å². The molecular formula is C22H21N3Si. The van der Waals surface area contributed by atoms with Gasteiger partial charge < -0.3 is 4.57 Å². The van der Waals surface area contributed by atoms with Gasteiger partial charge in [0.15, 0.2) is 0 Å². The zero-order valence-electron chi connectivity index (χ0n) is 15.0. The zero-order valence-corrected chi connectivity index (χ0v) is 16.0. The molecule has 0 atom stereocenters. The Bertz CT molecular complexity index is 1010. The van der Waals surface area contributed by atoms with Gasteiger partial charge in [-0.25, -0.2) is 4.98 Å². The van der Waals surface area contributed by atoms with Gasteiger partial charge in [0, 0.05) is 29.5 Å². The standard InChI is InChI=1S/C22H21N3Si/c1-26(2,19-14-16-25(17-19)21-12-6-7-15-23-21)22-13-8-11-20(24-22)18-9-4-3-5-10-18/h3-17H,1-2H3. The van der Waals surface area contributed by atoms with Gasteiger partial charge in [0.25, 0.3) is 0 Å². The van der Waals surface area contributed by atoms with Gasteiger partial charge in [0.05, 0.1) is 5.69 Å². The van der Waals surface area contributed by atoms with E-state index in [-0.39, 0.29) is 0 Å². The van der Waals surface area contributed by atoms with Crippen molar-refractivity contribution in [2.75, 3.05) is 0 Å². The minimum absolute atomic E-state index is 0.939. The SMILES string of the molecule is C[Si](C)(c1ccn(-c2ccccn2)c1)c1cccc(-c2ccccc2)n1. The highest BCUT2D eigenvalue weighted by Crippen LogP contribution is 2.16. The molecule has 3 nitrogen and oxygen atoms in total. The molecule has 4 rings (SSSR count). The van der Waals surface area contributed by atoms with E-state index < -0.39 is 8.07 Å². The summed E-state index contributed by atoms with van der Waals surface area (Å²) in [7, 11) is -1.89. The molecule has 0 saturated heterocycles. The summed E-state index contributed by atoms with van der Waals surface area (Å²) in [5.74, 6) is 0.939. The van der Waals surface area contributed by atoms with Crippen LogP contribution in [0.2, 0.25) is 13.1 Å². The van der Waals surface area contributed by atoms with Crippen molar-refractivity contribution in [2.45, 2.75) is 13.1 Å². The van der Waals surface area contributed by atoms with Crippen LogP contribution in [0, 0.1) is 0 Å². The van der Waals surface area contributed by atoms with E-state index in [1.807, 2.05) is 30.5 Å². The monoisotopic (exact) mass is 355 g/mol. The first-order valence-electron chi connectivity index (χ1n) is 8.77. The Morgan fingerprint density at radius 2 is 1.62 bits per heavy atom. The van der Waals surface area contributed by atoms with Gasteiger partial charge in [0.2, 0.25) is 0 Å². The van der Waals surface area contributed by atoms with E-state index in [0.29, 0.717) is 0 Å². The molecule has 0 radical (unpaired) electrons. The van der Waals surface area contributed by atoms with Crippen LogP contribution < -0.4 is 10.5 Å². The largest absolute Gasteiger partial charge is 0.309 e. The van der Waals surface area contributed by atoms with E-state index in [4.69, 9.17) is 4.98 Å². The average Bonchev–Trinajstić information content (AvgIpc) is 3.21.